The van der Waals surface area contributed by atoms with Crippen LogP contribution in [0.25, 0.3) is 33.5 Å². The van der Waals surface area contributed by atoms with Gasteiger partial charge in [0.2, 0.25) is 5.95 Å². The lowest BCUT2D eigenvalue weighted by Gasteiger charge is -2.26. The van der Waals surface area contributed by atoms with E-state index in [-0.39, 0.29) is 50.9 Å². The van der Waals surface area contributed by atoms with Crippen LogP contribution in [-0.2, 0) is 68.9 Å². The van der Waals surface area contributed by atoms with E-state index in [0.717, 1.165) is 56.1 Å². The molecule has 0 radical (unpaired) electrons. The van der Waals surface area contributed by atoms with Gasteiger partial charge in [-0.05, 0) is 6.07 Å². The van der Waals surface area contributed by atoms with Gasteiger partial charge in [-0.1, -0.05) is 0 Å². The molecule has 4 fully saturated rings. The fourth-order valence-electron chi connectivity index (χ4n) is 9.79. The molecule has 0 bridgehead atoms. The number of aliphatic hydroxyl groups excluding tert-OH is 5. The minimum atomic E-state index is -5.75. The molecule has 4 saturated heterocycles. The van der Waals surface area contributed by atoms with Crippen LogP contribution in [0.3, 0.4) is 0 Å². The Morgan fingerprint density at radius 3 is 1.41 bits per heavy atom. The maximum absolute atomic E-state index is 14.2. The van der Waals surface area contributed by atoms with Crippen molar-refractivity contribution in [3.8, 4) is 0 Å². The highest BCUT2D eigenvalue weighted by molar-refractivity contribution is 7.48. The molecule has 20 atom stereocenters. The highest BCUT2D eigenvalue weighted by Crippen LogP contribution is 2.54. The lowest BCUT2D eigenvalue weighted by Crippen LogP contribution is -2.38. The molecule has 18 N–H and O–H groups in total. The highest BCUT2D eigenvalue weighted by Gasteiger charge is 2.55. The summed E-state index contributed by atoms with van der Waals surface area (Å²) in [6, 6.07) is 1.18. The molecule has 4 aliphatic heterocycles. The van der Waals surface area contributed by atoms with Crippen molar-refractivity contribution < 1.29 is 114 Å². The van der Waals surface area contributed by atoms with Crippen LogP contribution in [0.15, 0.2) is 53.5 Å². The van der Waals surface area contributed by atoms with Crippen molar-refractivity contribution >= 4 is 88.6 Å². The number of aliphatic hydroxyl groups is 5. The van der Waals surface area contributed by atoms with Crippen molar-refractivity contribution in [1.82, 2.24) is 68.1 Å². The molecule has 0 aliphatic carbocycles. The predicted molar refractivity (Wildman–Crippen MR) is 278 cm³/mol. The van der Waals surface area contributed by atoms with E-state index >= 15 is 0 Å². The number of fused-ring (bicyclic) bond motifs is 3. The molecule has 4 unspecified atom stereocenters. The standard InChI is InChI=1S/C39H48N18O26P4/c40-16-1-2-54(39(64)51-16)34-21(59)20(58)12(77-34)4-74-85(67,68)82-27-15(80-37(24(27)62)57-11-50-19-32(57)52-38(43)53-33(19)63)6-76-87(71,72)83-26-14(79-36(23(26)61)56-10-49-18-29(42)45-8-47-31(18)56)5-75-86(69,70)81-25-13(3-73-84(65)66)78-35(22(25)60)55-9-48-17-28(41)44-7-46-30(17)55/h1-2,7-15,20-27,34-37,58-62H,3-6H2,(H12-,40,41,42,43,44,45,46,47,51,52,53,63,64,65,66,67,68,69,70,71,72)/p+1/t12-,13-,14-,15-,20-,21-,22-,23-,24-,25-,26-,27-,34-,35-,36-,37-/m1/s1. The molecule has 0 saturated carbocycles. The summed E-state index contributed by atoms with van der Waals surface area (Å²) in [4.78, 5) is 106. The number of hydrogen-bond donors (Lipinski definition) is 14. The number of nitrogens with two attached hydrogens (primary N) is 4. The summed E-state index contributed by atoms with van der Waals surface area (Å²) in [7, 11) is -20.2. The van der Waals surface area contributed by atoms with Gasteiger partial charge in [-0.15, -0.1) is 9.42 Å². The van der Waals surface area contributed by atoms with E-state index in [4.69, 9.17) is 73.5 Å². The molecule has 44 nitrogen and oxygen atoms in total. The number of imidazole rings is 3. The zero-order valence-corrected chi connectivity index (χ0v) is 47.1. The van der Waals surface area contributed by atoms with Crippen LogP contribution in [-0.4, -0.2) is 213 Å². The number of rotatable bonds is 22. The van der Waals surface area contributed by atoms with E-state index in [1.165, 1.54) is 6.07 Å². The minimum absolute atomic E-state index is 0.0159. The molecule has 0 amide bonds. The molecular weight excluding hydrogens is 1260 g/mol. The first-order chi connectivity index (χ1) is 41.2. The number of hydrogen-bond acceptors (Lipinski definition) is 35. The zero-order chi connectivity index (χ0) is 62.2. The van der Waals surface area contributed by atoms with Crippen LogP contribution in [0.4, 0.5) is 23.4 Å². The Hall–Kier alpha value is -6.48. The number of nitrogens with one attached hydrogen (secondary N) is 1. The SMILES string of the molecule is Nc1ccn([C@@H]2O[C@H](COP(=O)(O)O[C@H]3[C@@H](O)[C@H](n4cnc5c(=O)[nH]c(N)nc54)O[C@@H]3COP(=O)(O)O[C@H]3[C@@H](O)[C@H](n4cnc5c(N)ncnc54)O[C@@H]3COP(=O)(O)O[C@H]3[C@@H](O)[C@H](n4cnc5c(N)ncnc54)O[C@@H]3CO[P+](=O)O)[C@@H](O)[C@H]2O)c(=O)n1. The number of phosphoric acid groups is 3. The second-order valence-corrected chi connectivity index (χ2v) is 24.2. The third kappa shape index (κ3) is 12.5. The van der Waals surface area contributed by atoms with Gasteiger partial charge in [0.15, 0.2) is 59.0 Å². The summed E-state index contributed by atoms with van der Waals surface area (Å²) in [5, 5.41) is 56.6. The van der Waals surface area contributed by atoms with Gasteiger partial charge in [-0.3, -0.25) is 55.2 Å². The second-order valence-electron chi connectivity index (χ2n) is 19.2. The molecule has 48 heteroatoms. The Labute approximate surface area is 481 Å². The van der Waals surface area contributed by atoms with Crippen LogP contribution in [0.1, 0.15) is 24.9 Å². The topological polar surface area (TPSA) is 642 Å². The number of phosphoric ester groups is 3. The maximum Gasteiger partial charge on any atom is 0.694 e. The summed E-state index contributed by atoms with van der Waals surface area (Å²) in [6.45, 7) is -4.33. The minimum Gasteiger partial charge on any atom is -0.387 e. The van der Waals surface area contributed by atoms with Crippen LogP contribution in [0.2, 0.25) is 0 Å². The number of aromatic amines is 1. The molecule has 470 valence electrons. The van der Waals surface area contributed by atoms with Crippen LogP contribution >= 0.6 is 31.7 Å². The molecule has 7 aromatic heterocycles. The molecule has 4 aliphatic rings. The quantitative estimate of drug-likeness (QED) is 0.0283. The van der Waals surface area contributed by atoms with E-state index < -0.39 is 174 Å². The molecule has 11 heterocycles. The molecule has 0 spiro atoms. The van der Waals surface area contributed by atoms with Gasteiger partial charge in [0.25, 0.3) is 5.56 Å². The van der Waals surface area contributed by atoms with Crippen molar-refractivity contribution in [2.75, 3.05) is 49.4 Å². The monoisotopic (exact) mass is 1310 g/mol. The lowest BCUT2D eigenvalue weighted by molar-refractivity contribution is -0.0639. The number of H-pyrrole nitrogens is 1. The first-order valence-electron chi connectivity index (χ1n) is 24.9. The van der Waals surface area contributed by atoms with Gasteiger partial charge in [0.05, 0.1) is 38.8 Å². The van der Waals surface area contributed by atoms with Crippen LogP contribution in [0.5, 0.6) is 0 Å². The molecule has 11 rings (SSSR count). The van der Waals surface area contributed by atoms with E-state index in [1.54, 1.807) is 0 Å². The summed E-state index contributed by atoms with van der Waals surface area (Å²) in [5.74, 6) is -0.817. The summed E-state index contributed by atoms with van der Waals surface area (Å²) in [5.41, 5.74) is 20.7. The fourth-order valence-corrected chi connectivity index (χ4v) is 13.0. The number of nitrogens with zero attached hydrogens (tertiary/aromatic N) is 13. The maximum atomic E-state index is 14.2. The van der Waals surface area contributed by atoms with Crippen molar-refractivity contribution in [2.24, 2.45) is 0 Å². The van der Waals surface area contributed by atoms with E-state index in [2.05, 4.69) is 49.8 Å². The number of aromatic nitrogens is 14. The molecule has 0 aromatic carbocycles. The van der Waals surface area contributed by atoms with Crippen LogP contribution < -0.4 is 34.2 Å². The normalized spacial score (nSPS) is 31.6. The van der Waals surface area contributed by atoms with Crippen molar-refractivity contribution in [3.63, 3.8) is 0 Å². The third-order valence-electron chi connectivity index (χ3n) is 13.8. The number of anilines is 4. The fraction of sp³-hybridized carbons (Fsp3) is 0.513. The Morgan fingerprint density at radius 1 is 0.540 bits per heavy atom. The Kier molecular flexibility index (Phi) is 17.2. The number of ether oxygens (including phenoxy) is 4. The first kappa shape index (κ1) is 62.1. The van der Waals surface area contributed by atoms with Gasteiger partial charge >= 0.3 is 37.4 Å². The zero-order valence-electron chi connectivity index (χ0n) is 43.5. The van der Waals surface area contributed by atoms with Crippen molar-refractivity contribution in [2.45, 2.75) is 98.2 Å². The summed E-state index contributed by atoms with van der Waals surface area (Å²) >= 11 is 0. The second kappa shape index (κ2) is 24.1. The molecule has 87 heavy (non-hydrogen) atoms. The van der Waals surface area contributed by atoms with Crippen molar-refractivity contribution in [3.05, 3.63) is 64.7 Å². The first-order valence-corrected chi connectivity index (χ1v) is 30.5. The average molecular weight is 1310 g/mol. The van der Waals surface area contributed by atoms with Gasteiger partial charge in [-0.2, -0.15) is 9.97 Å². The summed E-state index contributed by atoms with van der Waals surface area (Å²) < 4.78 is 117. The third-order valence-corrected chi connectivity index (χ3v) is 17.1. The largest absolute Gasteiger partial charge is 0.694 e. The predicted octanol–water partition coefficient (Wildman–Crippen LogP) is -5.05. The van der Waals surface area contributed by atoms with Gasteiger partial charge in [0, 0.05) is 10.8 Å². The van der Waals surface area contributed by atoms with Crippen molar-refractivity contribution in [1.29, 1.82) is 0 Å². The van der Waals surface area contributed by atoms with E-state index in [1.807, 2.05) is 0 Å². The number of nitrogen functional groups attached to an aromatic ring is 4. The lowest BCUT2D eigenvalue weighted by atomic mass is 10.1. The summed E-state index contributed by atoms with van der Waals surface area (Å²) in [6.07, 6.45) is -23.6. The van der Waals surface area contributed by atoms with E-state index in [0.29, 0.717) is 0 Å². The van der Waals surface area contributed by atoms with Gasteiger partial charge < -0.3 is 82.1 Å². The van der Waals surface area contributed by atoms with Gasteiger partial charge in [-0.25, -0.2) is 53.4 Å². The highest BCUT2D eigenvalue weighted by atomic mass is 31.2. The van der Waals surface area contributed by atoms with Crippen LogP contribution in [0, 0.1) is 0 Å². The molecule has 7 aromatic rings. The Balaban J connectivity index is 0.825. The molecular formula is C39H49N18O26P4+. The average Bonchev–Trinajstić information content (AvgIpc) is 2.02. The Morgan fingerprint density at radius 2 is 0.954 bits per heavy atom. The smallest absolute Gasteiger partial charge is 0.387 e. The van der Waals surface area contributed by atoms with E-state index in [9.17, 15) is 73.0 Å². The van der Waals surface area contributed by atoms with Gasteiger partial charge in [0.1, 0.15) is 109 Å². The Bertz CT molecular complexity index is 4010.